The van der Waals surface area contributed by atoms with Gasteiger partial charge in [0.2, 0.25) is 0 Å². The quantitative estimate of drug-likeness (QED) is 0.734. The van der Waals surface area contributed by atoms with Gasteiger partial charge in [-0.05, 0) is 55.8 Å². The van der Waals surface area contributed by atoms with Crippen LogP contribution in [0, 0.1) is 12.8 Å². The number of aliphatic imine (C=N–C) groups is 2. The highest BCUT2D eigenvalue weighted by Crippen LogP contribution is 2.33. The molecule has 2 aromatic carbocycles. The van der Waals surface area contributed by atoms with Crippen LogP contribution in [-0.4, -0.2) is 31.6 Å². The van der Waals surface area contributed by atoms with Crippen LogP contribution in [-0.2, 0) is 9.53 Å². The lowest BCUT2D eigenvalue weighted by atomic mass is 9.93. The average Bonchev–Trinajstić information content (AvgIpc) is 2.63. The number of hydrogen-bond acceptors (Lipinski definition) is 5. The normalized spacial score (nSPS) is 17.1. The number of carbonyl (C=O) groups is 1. The zero-order valence-electron chi connectivity index (χ0n) is 14.8. The molecule has 0 amide bonds. The summed E-state index contributed by atoms with van der Waals surface area (Å²) < 4.78 is 10.5. The lowest BCUT2D eigenvalue weighted by molar-refractivity contribution is -0.143. The summed E-state index contributed by atoms with van der Waals surface area (Å²) >= 11 is 6.04. The number of hydrogen-bond donors (Lipinski definition) is 0. The zero-order valence-corrected chi connectivity index (χ0v) is 15.6. The fourth-order valence-corrected chi connectivity index (χ4v) is 2.99. The fourth-order valence-electron chi connectivity index (χ4n) is 2.76. The third-order valence-corrected chi connectivity index (χ3v) is 4.31. The Bertz CT molecular complexity index is 906. The highest BCUT2D eigenvalue weighted by atomic mass is 35.5. The van der Waals surface area contributed by atoms with Crippen molar-refractivity contribution >= 4 is 40.9 Å². The van der Waals surface area contributed by atoms with Crippen LogP contribution < -0.4 is 4.74 Å². The van der Waals surface area contributed by atoms with E-state index in [1.807, 2.05) is 37.3 Å². The topological polar surface area (TPSA) is 60.2 Å². The smallest absolute Gasteiger partial charge is 0.320 e. The van der Waals surface area contributed by atoms with E-state index in [0.717, 1.165) is 22.5 Å². The van der Waals surface area contributed by atoms with E-state index in [-0.39, 0.29) is 5.97 Å². The Morgan fingerprint density at radius 1 is 1.27 bits per heavy atom. The summed E-state index contributed by atoms with van der Waals surface area (Å²) in [5.74, 6) is -0.385. The number of fused-ring (bicyclic) bond motifs is 1. The van der Waals surface area contributed by atoms with Gasteiger partial charge in [0, 0.05) is 16.8 Å². The predicted molar refractivity (Wildman–Crippen MR) is 104 cm³/mol. The van der Waals surface area contributed by atoms with Gasteiger partial charge >= 0.3 is 5.97 Å². The van der Waals surface area contributed by atoms with Crippen molar-refractivity contribution in [3.05, 3.63) is 52.5 Å². The molecule has 1 unspecified atom stereocenters. The number of aryl methyl sites for hydroxylation is 1. The second kappa shape index (κ2) is 7.70. The molecule has 0 spiro atoms. The van der Waals surface area contributed by atoms with E-state index < -0.39 is 5.92 Å². The molecule has 5 nitrogen and oxygen atoms in total. The maximum absolute atomic E-state index is 12.5. The van der Waals surface area contributed by atoms with Crippen molar-refractivity contribution in [3.8, 4) is 5.75 Å². The SMILES string of the molecule is CCOC(=O)C1C=Nc2ccc(OC)cc2C1=Nc1ccc(Cl)cc1C. The van der Waals surface area contributed by atoms with Crippen molar-refractivity contribution in [2.45, 2.75) is 13.8 Å². The van der Waals surface area contributed by atoms with Crippen LogP contribution in [0.25, 0.3) is 0 Å². The minimum absolute atomic E-state index is 0.293. The molecule has 2 aromatic rings. The maximum atomic E-state index is 12.5. The minimum Gasteiger partial charge on any atom is -0.497 e. The molecule has 0 aromatic heterocycles. The Hall–Kier alpha value is -2.66. The van der Waals surface area contributed by atoms with E-state index in [9.17, 15) is 4.79 Å². The number of esters is 1. The molecule has 0 aliphatic carbocycles. The van der Waals surface area contributed by atoms with Crippen molar-refractivity contribution in [1.29, 1.82) is 0 Å². The number of rotatable bonds is 4. The van der Waals surface area contributed by atoms with Crippen molar-refractivity contribution in [3.63, 3.8) is 0 Å². The monoisotopic (exact) mass is 370 g/mol. The third kappa shape index (κ3) is 3.63. The lowest BCUT2D eigenvalue weighted by Crippen LogP contribution is -2.30. The Labute approximate surface area is 157 Å². The van der Waals surface area contributed by atoms with E-state index in [0.29, 0.717) is 23.1 Å². The van der Waals surface area contributed by atoms with Gasteiger partial charge in [-0.2, -0.15) is 0 Å². The van der Waals surface area contributed by atoms with Crippen molar-refractivity contribution < 1.29 is 14.3 Å². The van der Waals surface area contributed by atoms with Crippen LogP contribution in [0.5, 0.6) is 5.75 Å². The molecule has 134 valence electrons. The summed E-state index contributed by atoms with van der Waals surface area (Å²) in [5.41, 5.74) is 3.72. The van der Waals surface area contributed by atoms with E-state index in [2.05, 4.69) is 4.99 Å². The van der Waals surface area contributed by atoms with E-state index >= 15 is 0 Å². The van der Waals surface area contributed by atoms with Gasteiger partial charge in [0.05, 0.1) is 30.8 Å². The Kier molecular flexibility index (Phi) is 5.38. The molecular weight excluding hydrogens is 352 g/mol. The standard InChI is InChI=1S/C20H19ClN2O3/c1-4-26-20(24)16-11-22-18-8-6-14(25-3)10-15(18)19(16)23-17-7-5-13(21)9-12(17)2/h5-11,16H,4H2,1-3H3. The highest BCUT2D eigenvalue weighted by molar-refractivity contribution is 6.30. The molecule has 1 heterocycles. The summed E-state index contributed by atoms with van der Waals surface area (Å²) in [5, 5.41) is 0.640. The Morgan fingerprint density at radius 3 is 2.77 bits per heavy atom. The van der Waals surface area contributed by atoms with E-state index in [1.165, 1.54) is 0 Å². The summed E-state index contributed by atoms with van der Waals surface area (Å²) in [6, 6.07) is 10.9. The number of nitrogens with zero attached hydrogens (tertiary/aromatic N) is 2. The number of benzene rings is 2. The molecule has 0 N–H and O–H groups in total. The molecule has 1 atom stereocenters. The predicted octanol–water partition coefficient (Wildman–Crippen LogP) is 4.67. The van der Waals surface area contributed by atoms with Crippen LogP contribution in [0.3, 0.4) is 0 Å². The third-order valence-electron chi connectivity index (χ3n) is 4.08. The summed E-state index contributed by atoms with van der Waals surface area (Å²) in [7, 11) is 1.59. The first-order chi connectivity index (χ1) is 12.5. The van der Waals surface area contributed by atoms with E-state index in [4.69, 9.17) is 26.1 Å². The number of halogens is 1. The molecule has 0 saturated heterocycles. The molecule has 1 aliphatic heterocycles. The van der Waals surface area contributed by atoms with Crippen LogP contribution in [0.15, 0.2) is 46.4 Å². The number of carbonyl (C=O) groups excluding carboxylic acids is 1. The minimum atomic E-state index is -0.676. The molecule has 0 bridgehead atoms. The van der Waals surface area contributed by atoms with Gasteiger partial charge in [0.15, 0.2) is 0 Å². The highest BCUT2D eigenvalue weighted by Gasteiger charge is 2.30. The van der Waals surface area contributed by atoms with Gasteiger partial charge in [0.25, 0.3) is 0 Å². The number of ether oxygens (including phenoxy) is 2. The van der Waals surface area contributed by atoms with E-state index in [1.54, 1.807) is 26.3 Å². The van der Waals surface area contributed by atoms with Gasteiger partial charge in [-0.25, -0.2) is 0 Å². The van der Waals surface area contributed by atoms with Gasteiger partial charge < -0.3 is 9.47 Å². The molecule has 26 heavy (non-hydrogen) atoms. The Balaban J connectivity index is 2.16. The van der Waals surface area contributed by atoms with Crippen LogP contribution in [0.4, 0.5) is 11.4 Å². The molecule has 0 saturated carbocycles. The van der Waals surface area contributed by atoms with Crippen LogP contribution in [0.1, 0.15) is 18.1 Å². The zero-order chi connectivity index (χ0) is 18.7. The first kappa shape index (κ1) is 18.1. The Morgan fingerprint density at radius 2 is 2.08 bits per heavy atom. The average molecular weight is 371 g/mol. The van der Waals surface area contributed by atoms with Gasteiger partial charge in [-0.15, -0.1) is 0 Å². The van der Waals surface area contributed by atoms with Gasteiger partial charge in [0.1, 0.15) is 11.7 Å². The maximum Gasteiger partial charge on any atom is 0.320 e. The van der Waals surface area contributed by atoms with Gasteiger partial charge in [-0.3, -0.25) is 14.8 Å². The second-order valence-electron chi connectivity index (χ2n) is 5.82. The van der Waals surface area contributed by atoms with Crippen molar-refractivity contribution in [2.75, 3.05) is 13.7 Å². The molecule has 1 aliphatic rings. The molecule has 6 heteroatoms. The lowest BCUT2D eigenvalue weighted by Gasteiger charge is -2.21. The first-order valence-corrected chi connectivity index (χ1v) is 8.65. The van der Waals surface area contributed by atoms with Gasteiger partial charge in [-0.1, -0.05) is 11.6 Å². The molecule has 3 rings (SSSR count). The summed E-state index contributed by atoms with van der Waals surface area (Å²) in [6.45, 7) is 3.99. The molecule has 0 radical (unpaired) electrons. The summed E-state index contributed by atoms with van der Waals surface area (Å²) in [6.07, 6.45) is 1.58. The molecule has 0 fully saturated rings. The first-order valence-electron chi connectivity index (χ1n) is 8.27. The van der Waals surface area contributed by atoms with Crippen molar-refractivity contribution in [1.82, 2.24) is 0 Å². The second-order valence-corrected chi connectivity index (χ2v) is 6.26. The molecular formula is C20H19ClN2O3. The fraction of sp³-hybridized carbons (Fsp3) is 0.250. The largest absolute Gasteiger partial charge is 0.497 e. The number of methoxy groups -OCH3 is 1. The van der Waals surface area contributed by atoms with Crippen LogP contribution >= 0.6 is 11.6 Å². The summed E-state index contributed by atoms with van der Waals surface area (Å²) in [4.78, 5) is 21.6. The van der Waals surface area contributed by atoms with Crippen LogP contribution in [0.2, 0.25) is 5.02 Å². The van der Waals surface area contributed by atoms with Crippen molar-refractivity contribution in [2.24, 2.45) is 15.9 Å².